The number of methoxy groups -OCH3 is 2. The van der Waals surface area contributed by atoms with Crippen molar-refractivity contribution in [2.24, 2.45) is 0 Å². The van der Waals surface area contributed by atoms with Gasteiger partial charge in [-0.15, -0.1) is 0 Å². The van der Waals surface area contributed by atoms with Gasteiger partial charge in [0.25, 0.3) is 0 Å². The van der Waals surface area contributed by atoms with Crippen molar-refractivity contribution >= 4 is 23.3 Å². The lowest BCUT2D eigenvalue weighted by Crippen LogP contribution is -2.51. The molecule has 0 aliphatic carbocycles. The van der Waals surface area contributed by atoms with Crippen molar-refractivity contribution in [3.8, 4) is 5.75 Å². The van der Waals surface area contributed by atoms with Gasteiger partial charge in [0.05, 0.1) is 13.7 Å². The number of nitrogens with zero attached hydrogens (tertiary/aromatic N) is 1. The summed E-state index contributed by atoms with van der Waals surface area (Å²) in [7, 11) is 3.38. The van der Waals surface area contributed by atoms with Crippen LogP contribution >= 0.6 is 11.6 Å². The number of halogens is 1. The van der Waals surface area contributed by atoms with Crippen LogP contribution in [-0.2, 0) is 4.74 Å². The summed E-state index contributed by atoms with van der Waals surface area (Å²) in [6, 6.07) is 15.0. The Labute approximate surface area is 177 Å². The largest absolute Gasteiger partial charge is 0.497 e. The number of hydrogen-bond donors (Lipinski definition) is 2. The first kappa shape index (κ1) is 21.4. The first-order valence-corrected chi connectivity index (χ1v) is 10.1. The lowest BCUT2D eigenvalue weighted by molar-refractivity contribution is 0.117. The Bertz CT molecular complexity index is 783. The second kappa shape index (κ2) is 10.5. The molecule has 1 saturated heterocycles. The van der Waals surface area contributed by atoms with Gasteiger partial charge in [-0.25, -0.2) is 4.79 Å². The first-order chi connectivity index (χ1) is 14.1. The minimum Gasteiger partial charge on any atom is -0.497 e. The van der Waals surface area contributed by atoms with E-state index in [1.807, 2.05) is 12.1 Å². The molecule has 156 valence electrons. The van der Waals surface area contributed by atoms with Crippen molar-refractivity contribution in [3.05, 3.63) is 59.1 Å². The molecular formula is C22H28ClN3O3. The topological polar surface area (TPSA) is 62.8 Å². The summed E-state index contributed by atoms with van der Waals surface area (Å²) in [6.45, 7) is 3.36. The van der Waals surface area contributed by atoms with Crippen LogP contribution in [0.3, 0.4) is 0 Å². The van der Waals surface area contributed by atoms with Gasteiger partial charge in [-0.2, -0.15) is 0 Å². The predicted molar refractivity (Wildman–Crippen MR) is 116 cm³/mol. The maximum absolute atomic E-state index is 12.6. The third-order valence-corrected chi connectivity index (χ3v) is 5.52. The van der Waals surface area contributed by atoms with Gasteiger partial charge in [-0.05, 0) is 48.4 Å². The fourth-order valence-electron chi connectivity index (χ4n) is 3.67. The molecule has 29 heavy (non-hydrogen) atoms. The van der Waals surface area contributed by atoms with Crippen LogP contribution in [0.15, 0.2) is 48.5 Å². The van der Waals surface area contributed by atoms with Gasteiger partial charge in [0.1, 0.15) is 5.75 Å². The van der Waals surface area contributed by atoms with Crippen LogP contribution in [0, 0.1) is 0 Å². The number of urea groups is 1. The second-order valence-electron chi connectivity index (χ2n) is 7.17. The Morgan fingerprint density at radius 1 is 1.14 bits per heavy atom. The highest BCUT2D eigenvalue weighted by Crippen LogP contribution is 2.29. The number of amides is 2. The summed E-state index contributed by atoms with van der Waals surface area (Å²) in [6.07, 6.45) is 0.869. The molecule has 0 aromatic heterocycles. The van der Waals surface area contributed by atoms with Gasteiger partial charge in [0.2, 0.25) is 0 Å². The van der Waals surface area contributed by atoms with E-state index in [0.29, 0.717) is 17.3 Å². The van der Waals surface area contributed by atoms with E-state index < -0.39 is 0 Å². The molecule has 1 aliphatic rings. The molecule has 0 spiro atoms. The summed E-state index contributed by atoms with van der Waals surface area (Å²) in [5.41, 5.74) is 1.90. The Hall–Kier alpha value is -2.28. The standard InChI is InChI=1S/C22H28ClN3O3/c1-28-14-13-26-12-11-21(20(15-26)16-3-9-19(29-2)10-4-16)25-22(27)24-18-7-5-17(23)6-8-18/h3-10,20-21H,11-15H2,1-2H3,(H2,24,25,27)/t20?,21-/m1/s1. The molecule has 2 atom stereocenters. The molecule has 2 amide bonds. The van der Waals surface area contributed by atoms with Crippen molar-refractivity contribution in [2.45, 2.75) is 18.4 Å². The number of anilines is 1. The highest BCUT2D eigenvalue weighted by molar-refractivity contribution is 6.30. The Balaban J connectivity index is 1.69. The Morgan fingerprint density at radius 2 is 1.86 bits per heavy atom. The molecule has 1 unspecified atom stereocenters. The van der Waals surface area contributed by atoms with Crippen LogP contribution in [-0.4, -0.2) is 57.4 Å². The highest BCUT2D eigenvalue weighted by Gasteiger charge is 2.31. The minimum absolute atomic E-state index is 0.0366. The molecule has 3 rings (SSSR count). The van der Waals surface area contributed by atoms with E-state index in [9.17, 15) is 4.79 Å². The van der Waals surface area contributed by atoms with Crippen LogP contribution < -0.4 is 15.4 Å². The van der Waals surface area contributed by atoms with E-state index in [-0.39, 0.29) is 18.0 Å². The van der Waals surface area contributed by atoms with E-state index in [1.54, 1.807) is 38.5 Å². The summed E-state index contributed by atoms with van der Waals surface area (Å²) in [4.78, 5) is 15.0. The van der Waals surface area contributed by atoms with Crippen LogP contribution in [0.5, 0.6) is 5.75 Å². The van der Waals surface area contributed by atoms with Crippen molar-refractivity contribution in [2.75, 3.05) is 45.8 Å². The van der Waals surface area contributed by atoms with Gasteiger partial charge in [-0.3, -0.25) is 0 Å². The van der Waals surface area contributed by atoms with E-state index in [0.717, 1.165) is 31.8 Å². The lowest BCUT2D eigenvalue weighted by atomic mass is 9.86. The normalized spacial score (nSPS) is 19.6. The molecule has 0 radical (unpaired) electrons. The zero-order valence-corrected chi connectivity index (χ0v) is 17.6. The van der Waals surface area contributed by atoms with Crippen molar-refractivity contribution in [3.63, 3.8) is 0 Å². The maximum Gasteiger partial charge on any atom is 0.319 e. The van der Waals surface area contributed by atoms with E-state index >= 15 is 0 Å². The van der Waals surface area contributed by atoms with Crippen molar-refractivity contribution < 1.29 is 14.3 Å². The number of nitrogens with one attached hydrogen (secondary N) is 2. The van der Waals surface area contributed by atoms with Gasteiger partial charge < -0.3 is 25.0 Å². The van der Waals surface area contributed by atoms with Gasteiger partial charge in [-0.1, -0.05) is 23.7 Å². The third kappa shape index (κ3) is 6.10. The maximum atomic E-state index is 12.6. The molecule has 2 aromatic carbocycles. The first-order valence-electron chi connectivity index (χ1n) is 9.77. The summed E-state index contributed by atoms with van der Waals surface area (Å²) in [5, 5.41) is 6.69. The average Bonchev–Trinajstić information content (AvgIpc) is 2.74. The third-order valence-electron chi connectivity index (χ3n) is 5.27. The smallest absolute Gasteiger partial charge is 0.319 e. The fourth-order valence-corrected chi connectivity index (χ4v) is 3.80. The monoisotopic (exact) mass is 417 g/mol. The molecule has 0 bridgehead atoms. The molecule has 1 aliphatic heterocycles. The zero-order chi connectivity index (χ0) is 20.6. The average molecular weight is 418 g/mol. The summed E-state index contributed by atoms with van der Waals surface area (Å²) >= 11 is 5.91. The Morgan fingerprint density at radius 3 is 2.52 bits per heavy atom. The molecule has 7 heteroatoms. The number of carbonyl (C=O) groups excluding carboxylic acids is 1. The zero-order valence-electron chi connectivity index (χ0n) is 16.9. The quantitative estimate of drug-likeness (QED) is 0.715. The predicted octanol–water partition coefficient (Wildman–Crippen LogP) is 3.97. The number of hydrogen-bond acceptors (Lipinski definition) is 4. The molecule has 2 N–H and O–H groups in total. The molecule has 1 heterocycles. The second-order valence-corrected chi connectivity index (χ2v) is 7.61. The van der Waals surface area contributed by atoms with Crippen LogP contribution in [0.1, 0.15) is 17.9 Å². The summed E-state index contributed by atoms with van der Waals surface area (Å²) in [5.74, 6) is 1.01. The number of ether oxygens (including phenoxy) is 2. The number of piperidine rings is 1. The molecule has 2 aromatic rings. The number of benzene rings is 2. The van der Waals surface area contributed by atoms with E-state index in [1.165, 1.54) is 5.56 Å². The minimum atomic E-state index is -0.207. The highest BCUT2D eigenvalue weighted by atomic mass is 35.5. The van der Waals surface area contributed by atoms with Gasteiger partial charge in [0, 0.05) is 49.4 Å². The van der Waals surface area contributed by atoms with Crippen molar-refractivity contribution in [1.29, 1.82) is 0 Å². The Kier molecular flexibility index (Phi) is 7.75. The van der Waals surface area contributed by atoms with Crippen molar-refractivity contribution in [1.82, 2.24) is 10.2 Å². The van der Waals surface area contributed by atoms with Crippen LogP contribution in [0.2, 0.25) is 5.02 Å². The SMILES string of the molecule is COCCN1CC[C@@H](NC(=O)Nc2ccc(Cl)cc2)C(c2ccc(OC)cc2)C1. The molecule has 0 saturated carbocycles. The molecule has 6 nitrogen and oxygen atoms in total. The lowest BCUT2D eigenvalue weighted by Gasteiger charge is -2.39. The molecule has 1 fully saturated rings. The van der Waals surface area contributed by atoms with Gasteiger partial charge >= 0.3 is 6.03 Å². The fraction of sp³-hybridized carbons (Fsp3) is 0.409. The molecular weight excluding hydrogens is 390 g/mol. The number of carbonyl (C=O) groups is 1. The number of likely N-dealkylation sites (tertiary alicyclic amines) is 1. The van der Waals surface area contributed by atoms with Crippen LogP contribution in [0.4, 0.5) is 10.5 Å². The number of rotatable bonds is 7. The van der Waals surface area contributed by atoms with Gasteiger partial charge in [0.15, 0.2) is 0 Å². The van der Waals surface area contributed by atoms with E-state index in [4.69, 9.17) is 21.1 Å². The van der Waals surface area contributed by atoms with E-state index in [2.05, 4.69) is 27.7 Å². The summed E-state index contributed by atoms with van der Waals surface area (Å²) < 4.78 is 10.5. The van der Waals surface area contributed by atoms with Crippen LogP contribution in [0.25, 0.3) is 0 Å².